The highest BCUT2D eigenvalue weighted by atomic mass is 35.5. The molecular formula is C22H23Cl2N3O4. The number of methoxy groups -OCH3 is 1. The second-order valence-corrected chi connectivity index (χ2v) is 8.36. The van der Waals surface area contributed by atoms with E-state index >= 15 is 0 Å². The Morgan fingerprint density at radius 3 is 2.52 bits per heavy atom. The van der Waals surface area contributed by atoms with E-state index in [1.54, 1.807) is 38.8 Å². The van der Waals surface area contributed by atoms with E-state index in [4.69, 9.17) is 32.7 Å². The Kier molecular flexibility index (Phi) is 6.77. The maximum atomic E-state index is 12.9. The quantitative estimate of drug-likeness (QED) is 0.419. The molecule has 1 aromatic heterocycles. The average molecular weight is 464 g/mol. The normalized spacial score (nSPS) is 11.4. The number of hydrogen-bond acceptors (Lipinski definition) is 5. The van der Waals surface area contributed by atoms with Crippen LogP contribution in [-0.4, -0.2) is 46.8 Å². The number of amides is 1. The van der Waals surface area contributed by atoms with Crippen molar-refractivity contribution in [2.75, 3.05) is 19.6 Å². The number of carbonyl (C=O) groups is 2. The molecule has 0 aliphatic rings. The van der Waals surface area contributed by atoms with Gasteiger partial charge < -0.3 is 14.8 Å². The Morgan fingerprint density at radius 1 is 1.16 bits per heavy atom. The third kappa shape index (κ3) is 5.11. The largest absolute Gasteiger partial charge is 0.495 e. The minimum atomic E-state index is -0.789. The number of carbonyl (C=O) groups excluding carboxylic acids is 2. The van der Waals surface area contributed by atoms with Crippen LogP contribution in [-0.2, 0) is 16.6 Å². The number of nitrogens with one attached hydrogen (secondary N) is 1. The van der Waals surface area contributed by atoms with Crippen LogP contribution in [0.5, 0.6) is 5.75 Å². The molecule has 0 fully saturated rings. The fourth-order valence-corrected chi connectivity index (χ4v) is 3.42. The van der Waals surface area contributed by atoms with Crippen molar-refractivity contribution in [3.05, 3.63) is 47.1 Å². The van der Waals surface area contributed by atoms with Crippen LogP contribution in [0.2, 0.25) is 5.02 Å². The molecule has 3 rings (SSSR count). The fourth-order valence-electron chi connectivity index (χ4n) is 3.15. The Morgan fingerprint density at radius 2 is 1.84 bits per heavy atom. The molecule has 31 heavy (non-hydrogen) atoms. The van der Waals surface area contributed by atoms with E-state index in [0.717, 1.165) is 16.6 Å². The smallest absolute Gasteiger partial charge is 0.320 e. The maximum Gasteiger partial charge on any atom is 0.320 e. The summed E-state index contributed by atoms with van der Waals surface area (Å²) in [5, 5.41) is 8.50. The van der Waals surface area contributed by atoms with Gasteiger partial charge in [-0.1, -0.05) is 23.7 Å². The van der Waals surface area contributed by atoms with E-state index in [9.17, 15) is 9.59 Å². The number of fused-ring (bicyclic) bond motifs is 1. The Hall–Kier alpha value is -2.77. The summed E-state index contributed by atoms with van der Waals surface area (Å²) in [4.78, 5) is 24.2. The standard InChI is InChI=1S/C22H23Cl2N3O4/c1-22(2,12-31-19(28)11-23)25-21(29)20-15-7-5-13(9-17(15)27(3)26-20)14-6-8-16(24)18(10-14)30-4/h5-10H,11-12H2,1-4H3,(H,25,29). The number of esters is 1. The first kappa shape index (κ1) is 22.9. The lowest BCUT2D eigenvalue weighted by molar-refractivity contribution is -0.142. The van der Waals surface area contributed by atoms with E-state index in [1.807, 2.05) is 30.3 Å². The van der Waals surface area contributed by atoms with Gasteiger partial charge in [0.25, 0.3) is 5.91 Å². The zero-order chi connectivity index (χ0) is 22.8. The molecule has 0 saturated carbocycles. The van der Waals surface area contributed by atoms with Crippen molar-refractivity contribution in [3.63, 3.8) is 0 Å². The van der Waals surface area contributed by atoms with Crippen LogP contribution in [0.15, 0.2) is 36.4 Å². The van der Waals surface area contributed by atoms with E-state index in [2.05, 4.69) is 10.4 Å². The minimum absolute atomic E-state index is 0.00237. The fraction of sp³-hybridized carbons (Fsp3) is 0.318. The van der Waals surface area contributed by atoms with Gasteiger partial charge in [0.2, 0.25) is 0 Å². The molecule has 9 heteroatoms. The summed E-state index contributed by atoms with van der Waals surface area (Å²) in [5.74, 6) is -0.560. The molecule has 1 amide bonds. The van der Waals surface area contributed by atoms with Crippen molar-refractivity contribution in [1.29, 1.82) is 0 Å². The first-order valence-corrected chi connectivity index (χ1v) is 10.4. The predicted molar refractivity (Wildman–Crippen MR) is 121 cm³/mol. The van der Waals surface area contributed by atoms with Gasteiger partial charge in [0.15, 0.2) is 5.69 Å². The van der Waals surface area contributed by atoms with Gasteiger partial charge in [-0.25, -0.2) is 0 Å². The number of aromatic nitrogens is 2. The van der Waals surface area contributed by atoms with Crippen molar-refractivity contribution in [2.24, 2.45) is 7.05 Å². The van der Waals surface area contributed by atoms with E-state index in [0.29, 0.717) is 16.2 Å². The number of benzene rings is 2. The second-order valence-electron chi connectivity index (χ2n) is 7.69. The zero-order valence-electron chi connectivity index (χ0n) is 17.7. The highest BCUT2D eigenvalue weighted by Crippen LogP contribution is 2.32. The van der Waals surface area contributed by atoms with Crippen molar-refractivity contribution in [1.82, 2.24) is 15.1 Å². The lowest BCUT2D eigenvalue weighted by Crippen LogP contribution is -2.47. The van der Waals surface area contributed by atoms with Gasteiger partial charge in [0.1, 0.15) is 18.2 Å². The van der Waals surface area contributed by atoms with Gasteiger partial charge in [-0.05, 0) is 49.2 Å². The number of alkyl halides is 1. The van der Waals surface area contributed by atoms with Crippen molar-refractivity contribution >= 4 is 46.0 Å². The highest BCUT2D eigenvalue weighted by Gasteiger charge is 2.26. The highest BCUT2D eigenvalue weighted by molar-refractivity contribution is 6.32. The molecule has 0 aliphatic heterocycles. The second kappa shape index (κ2) is 9.16. The lowest BCUT2D eigenvalue weighted by Gasteiger charge is -2.25. The van der Waals surface area contributed by atoms with Crippen molar-refractivity contribution in [2.45, 2.75) is 19.4 Å². The lowest BCUT2D eigenvalue weighted by atomic mass is 10.0. The van der Waals surface area contributed by atoms with Gasteiger partial charge in [0.05, 0.1) is 23.2 Å². The van der Waals surface area contributed by atoms with Gasteiger partial charge in [-0.3, -0.25) is 14.3 Å². The average Bonchev–Trinajstić information content (AvgIpc) is 3.08. The van der Waals surface area contributed by atoms with Crippen LogP contribution >= 0.6 is 23.2 Å². The third-order valence-corrected chi connectivity index (χ3v) is 5.24. The molecule has 0 aliphatic carbocycles. The van der Waals surface area contributed by atoms with Crippen LogP contribution in [0.1, 0.15) is 24.3 Å². The summed E-state index contributed by atoms with van der Waals surface area (Å²) in [6, 6.07) is 11.3. The SMILES string of the molecule is COc1cc(-c2ccc3c(C(=O)NC(C)(C)COC(=O)CCl)nn(C)c3c2)ccc1Cl. The van der Waals surface area contributed by atoms with Crippen LogP contribution < -0.4 is 10.1 Å². The third-order valence-electron chi connectivity index (χ3n) is 4.71. The van der Waals surface area contributed by atoms with Crippen molar-refractivity contribution < 1.29 is 19.1 Å². The van der Waals surface area contributed by atoms with E-state index < -0.39 is 11.5 Å². The maximum absolute atomic E-state index is 12.9. The number of nitrogens with zero attached hydrogens (tertiary/aromatic N) is 2. The Balaban J connectivity index is 1.88. The molecule has 0 unspecified atom stereocenters. The van der Waals surface area contributed by atoms with Gasteiger partial charge in [-0.15, -0.1) is 11.6 Å². The first-order valence-electron chi connectivity index (χ1n) is 9.50. The Bertz CT molecular complexity index is 1140. The summed E-state index contributed by atoms with van der Waals surface area (Å²) in [5.41, 5.74) is 2.16. The number of rotatable bonds is 7. The number of aryl methyl sites for hydroxylation is 1. The first-order chi connectivity index (χ1) is 14.6. The molecule has 7 nitrogen and oxygen atoms in total. The van der Waals surface area contributed by atoms with Crippen molar-refractivity contribution in [3.8, 4) is 16.9 Å². The Labute approximate surface area is 190 Å². The molecule has 0 bridgehead atoms. The molecule has 0 radical (unpaired) electrons. The van der Waals surface area contributed by atoms with E-state index in [1.165, 1.54) is 0 Å². The number of hydrogen-bond donors (Lipinski definition) is 1. The number of halogens is 2. The molecule has 2 aromatic carbocycles. The summed E-state index contributed by atoms with van der Waals surface area (Å²) >= 11 is 11.6. The molecule has 0 atom stereocenters. The molecule has 3 aromatic rings. The molecule has 1 N–H and O–H groups in total. The van der Waals surface area contributed by atoms with Gasteiger partial charge in [0, 0.05) is 12.4 Å². The molecule has 0 saturated heterocycles. The summed E-state index contributed by atoms with van der Waals surface area (Å²) < 4.78 is 12.0. The van der Waals surface area contributed by atoms with E-state index in [-0.39, 0.29) is 24.1 Å². The van der Waals surface area contributed by atoms with Crippen LogP contribution in [0.25, 0.3) is 22.0 Å². The van der Waals surface area contributed by atoms with Crippen LogP contribution in [0, 0.1) is 0 Å². The number of ether oxygens (including phenoxy) is 2. The van der Waals surface area contributed by atoms with Gasteiger partial charge >= 0.3 is 5.97 Å². The molecule has 1 heterocycles. The summed E-state index contributed by atoms with van der Waals surface area (Å²) in [7, 11) is 3.34. The molecule has 0 spiro atoms. The summed E-state index contributed by atoms with van der Waals surface area (Å²) in [6.45, 7) is 3.50. The monoisotopic (exact) mass is 463 g/mol. The minimum Gasteiger partial charge on any atom is -0.495 e. The van der Waals surface area contributed by atoms with Crippen LogP contribution in [0.4, 0.5) is 0 Å². The molecule has 164 valence electrons. The predicted octanol–water partition coefficient (Wildman–Crippen LogP) is 4.19. The topological polar surface area (TPSA) is 82.4 Å². The van der Waals surface area contributed by atoms with Crippen LogP contribution in [0.3, 0.4) is 0 Å². The summed E-state index contributed by atoms with van der Waals surface area (Å²) in [6.07, 6.45) is 0. The zero-order valence-corrected chi connectivity index (χ0v) is 19.2. The molecular weight excluding hydrogens is 441 g/mol. The van der Waals surface area contributed by atoms with Gasteiger partial charge in [-0.2, -0.15) is 5.10 Å².